The number of hydrogen-bond donors (Lipinski definition) is 2. The zero-order chi connectivity index (χ0) is 24.1. The van der Waals surface area contributed by atoms with Gasteiger partial charge in [-0.2, -0.15) is 0 Å². The Morgan fingerprint density at radius 3 is 1.71 bits per heavy atom. The monoisotopic (exact) mass is 448 g/mol. The van der Waals surface area contributed by atoms with Gasteiger partial charge in [-0.05, 0) is 90.3 Å². The Balaban J connectivity index is 1.77. The van der Waals surface area contributed by atoms with E-state index in [0.717, 1.165) is 29.9 Å². The molecule has 0 heterocycles. The molecule has 0 radical (unpaired) electrons. The SMILES string of the molecule is CCC(C)(CC)c1cc(-c2ccccc2C)ccc1Nc1ccccc1Nc1ccccc1C. The summed E-state index contributed by atoms with van der Waals surface area (Å²) in [5.74, 6) is 0. The highest BCUT2D eigenvalue weighted by molar-refractivity contribution is 5.81. The first kappa shape index (κ1) is 23.6. The molecular weight excluding hydrogens is 412 g/mol. The van der Waals surface area contributed by atoms with Crippen LogP contribution < -0.4 is 10.6 Å². The molecule has 0 fully saturated rings. The average molecular weight is 449 g/mol. The summed E-state index contributed by atoms with van der Waals surface area (Å²) in [5, 5.41) is 7.42. The predicted molar refractivity (Wildman–Crippen MR) is 149 cm³/mol. The van der Waals surface area contributed by atoms with Gasteiger partial charge in [0.25, 0.3) is 0 Å². The lowest BCUT2D eigenvalue weighted by atomic mass is 9.76. The molecule has 0 aromatic heterocycles. The van der Waals surface area contributed by atoms with Crippen molar-refractivity contribution >= 4 is 22.7 Å². The zero-order valence-electron chi connectivity index (χ0n) is 21.1. The summed E-state index contributed by atoms with van der Waals surface area (Å²) in [6, 6.07) is 32.4. The van der Waals surface area contributed by atoms with Crippen molar-refractivity contribution < 1.29 is 0 Å². The highest BCUT2D eigenvalue weighted by atomic mass is 15.0. The predicted octanol–water partition coefficient (Wildman–Crippen LogP) is 9.54. The molecule has 2 nitrogen and oxygen atoms in total. The summed E-state index contributed by atoms with van der Waals surface area (Å²) in [6.45, 7) is 11.3. The van der Waals surface area contributed by atoms with Gasteiger partial charge in [0.2, 0.25) is 0 Å². The molecule has 4 aromatic carbocycles. The van der Waals surface area contributed by atoms with Crippen LogP contribution in [0.2, 0.25) is 0 Å². The lowest BCUT2D eigenvalue weighted by molar-refractivity contribution is 0.440. The summed E-state index contributed by atoms with van der Waals surface area (Å²) < 4.78 is 0. The highest BCUT2D eigenvalue weighted by Gasteiger charge is 2.26. The molecule has 2 N–H and O–H groups in total. The maximum Gasteiger partial charge on any atom is 0.0623 e. The maximum absolute atomic E-state index is 3.79. The second-order valence-electron chi connectivity index (χ2n) is 9.45. The lowest BCUT2D eigenvalue weighted by Crippen LogP contribution is -2.21. The lowest BCUT2D eigenvalue weighted by Gasteiger charge is -2.31. The summed E-state index contributed by atoms with van der Waals surface area (Å²) in [5.41, 5.74) is 11.0. The summed E-state index contributed by atoms with van der Waals surface area (Å²) >= 11 is 0. The molecule has 0 saturated heterocycles. The fourth-order valence-electron chi connectivity index (χ4n) is 4.55. The van der Waals surface area contributed by atoms with Crippen molar-refractivity contribution in [3.05, 3.63) is 108 Å². The van der Waals surface area contributed by atoms with Crippen LogP contribution in [0.3, 0.4) is 0 Å². The van der Waals surface area contributed by atoms with E-state index in [-0.39, 0.29) is 5.41 Å². The summed E-state index contributed by atoms with van der Waals surface area (Å²) in [7, 11) is 0. The van der Waals surface area contributed by atoms with Gasteiger partial charge in [-0.15, -0.1) is 0 Å². The highest BCUT2D eigenvalue weighted by Crippen LogP contribution is 2.41. The van der Waals surface area contributed by atoms with Crippen molar-refractivity contribution in [2.24, 2.45) is 0 Å². The largest absolute Gasteiger partial charge is 0.354 e. The molecule has 4 rings (SSSR count). The molecule has 0 bridgehead atoms. The van der Waals surface area contributed by atoms with E-state index < -0.39 is 0 Å². The number of aryl methyl sites for hydroxylation is 2. The van der Waals surface area contributed by atoms with E-state index in [0.29, 0.717) is 0 Å². The molecule has 0 aliphatic carbocycles. The van der Waals surface area contributed by atoms with E-state index in [1.807, 2.05) is 0 Å². The minimum absolute atomic E-state index is 0.0828. The van der Waals surface area contributed by atoms with E-state index in [1.54, 1.807) is 0 Å². The van der Waals surface area contributed by atoms with Gasteiger partial charge in [-0.1, -0.05) is 81.4 Å². The molecule has 0 saturated carbocycles. The van der Waals surface area contributed by atoms with Crippen LogP contribution in [0.5, 0.6) is 0 Å². The van der Waals surface area contributed by atoms with Crippen molar-refractivity contribution in [1.29, 1.82) is 0 Å². The first-order chi connectivity index (χ1) is 16.4. The molecule has 0 spiro atoms. The van der Waals surface area contributed by atoms with Crippen molar-refractivity contribution in [3.8, 4) is 11.1 Å². The van der Waals surface area contributed by atoms with Gasteiger partial charge >= 0.3 is 0 Å². The van der Waals surface area contributed by atoms with E-state index >= 15 is 0 Å². The van der Waals surface area contributed by atoms with Gasteiger partial charge in [0, 0.05) is 11.4 Å². The van der Waals surface area contributed by atoms with Crippen LogP contribution >= 0.6 is 0 Å². The molecule has 0 aliphatic heterocycles. The summed E-state index contributed by atoms with van der Waals surface area (Å²) in [6.07, 6.45) is 2.16. The van der Waals surface area contributed by atoms with E-state index in [2.05, 4.69) is 136 Å². The van der Waals surface area contributed by atoms with Crippen molar-refractivity contribution in [3.63, 3.8) is 0 Å². The third-order valence-electron chi connectivity index (χ3n) is 7.30. The Morgan fingerprint density at radius 2 is 1.12 bits per heavy atom. The van der Waals surface area contributed by atoms with Gasteiger partial charge in [0.15, 0.2) is 0 Å². The number of nitrogens with one attached hydrogen (secondary N) is 2. The molecular formula is C32H36N2. The van der Waals surface area contributed by atoms with Crippen molar-refractivity contribution in [1.82, 2.24) is 0 Å². The quantitative estimate of drug-likeness (QED) is 0.280. The Kier molecular flexibility index (Phi) is 7.07. The van der Waals surface area contributed by atoms with Crippen LogP contribution in [0.1, 0.15) is 50.3 Å². The first-order valence-electron chi connectivity index (χ1n) is 12.3. The van der Waals surface area contributed by atoms with Crippen LogP contribution in [-0.2, 0) is 5.41 Å². The fourth-order valence-corrected chi connectivity index (χ4v) is 4.55. The Bertz CT molecular complexity index is 1270. The Morgan fingerprint density at radius 1 is 0.588 bits per heavy atom. The number of benzene rings is 4. The normalized spacial score (nSPS) is 11.3. The van der Waals surface area contributed by atoms with E-state index in [1.165, 1.54) is 33.5 Å². The Hall–Kier alpha value is -3.52. The molecule has 0 amide bonds. The Labute approximate surface area is 205 Å². The molecule has 4 aromatic rings. The van der Waals surface area contributed by atoms with Crippen LogP contribution in [0.15, 0.2) is 91.0 Å². The number of rotatable bonds is 8. The number of anilines is 4. The maximum atomic E-state index is 3.79. The number of hydrogen-bond acceptors (Lipinski definition) is 2. The van der Waals surface area contributed by atoms with E-state index in [4.69, 9.17) is 0 Å². The molecule has 174 valence electrons. The second-order valence-corrected chi connectivity index (χ2v) is 9.45. The average Bonchev–Trinajstić information content (AvgIpc) is 2.86. The van der Waals surface area contributed by atoms with Gasteiger partial charge in [0.05, 0.1) is 11.4 Å². The van der Waals surface area contributed by atoms with Crippen LogP contribution in [-0.4, -0.2) is 0 Å². The van der Waals surface area contributed by atoms with Crippen LogP contribution in [0.25, 0.3) is 11.1 Å². The molecule has 34 heavy (non-hydrogen) atoms. The minimum Gasteiger partial charge on any atom is -0.354 e. The van der Waals surface area contributed by atoms with Gasteiger partial charge in [-0.3, -0.25) is 0 Å². The minimum atomic E-state index is 0.0828. The van der Waals surface area contributed by atoms with E-state index in [9.17, 15) is 0 Å². The molecule has 2 heteroatoms. The standard InChI is InChI=1S/C32H36N2/c1-6-32(5,7-2)27-22-25(26-16-10-8-14-23(26)3)20-21-29(27)34-31-19-13-12-18-30(31)33-28-17-11-9-15-24(28)4/h8-22,33-34H,6-7H2,1-5H3. The van der Waals surface area contributed by atoms with Gasteiger partial charge in [0.1, 0.15) is 0 Å². The van der Waals surface area contributed by atoms with Gasteiger partial charge in [-0.25, -0.2) is 0 Å². The van der Waals surface area contributed by atoms with Crippen LogP contribution in [0.4, 0.5) is 22.7 Å². The fraction of sp³-hybridized carbons (Fsp3) is 0.250. The van der Waals surface area contributed by atoms with Crippen molar-refractivity contribution in [2.75, 3.05) is 10.6 Å². The van der Waals surface area contributed by atoms with Crippen LogP contribution in [0, 0.1) is 13.8 Å². The smallest absolute Gasteiger partial charge is 0.0623 e. The first-order valence-corrected chi connectivity index (χ1v) is 12.3. The van der Waals surface area contributed by atoms with Gasteiger partial charge < -0.3 is 10.6 Å². The number of para-hydroxylation sites is 3. The summed E-state index contributed by atoms with van der Waals surface area (Å²) in [4.78, 5) is 0. The van der Waals surface area contributed by atoms with Crippen molar-refractivity contribution in [2.45, 2.75) is 52.9 Å². The third kappa shape index (κ3) is 4.87. The topological polar surface area (TPSA) is 24.1 Å². The molecule has 0 aliphatic rings. The molecule has 0 atom stereocenters. The second kappa shape index (κ2) is 10.2. The molecule has 0 unspecified atom stereocenters. The zero-order valence-corrected chi connectivity index (χ0v) is 21.1. The third-order valence-corrected chi connectivity index (χ3v) is 7.30.